The van der Waals surface area contributed by atoms with Crippen LogP contribution >= 0.6 is 0 Å². The van der Waals surface area contributed by atoms with Crippen molar-refractivity contribution in [1.29, 1.82) is 0 Å². The molecular formula is C12H15NO4. The molecule has 0 aliphatic carbocycles. The van der Waals surface area contributed by atoms with Crippen LogP contribution in [0, 0.1) is 0 Å². The number of carbonyl (C=O) groups is 1. The predicted octanol–water partition coefficient (Wildman–Crippen LogP) is 0.939. The van der Waals surface area contributed by atoms with Crippen molar-refractivity contribution < 1.29 is 19.7 Å². The Morgan fingerprint density at radius 1 is 1.47 bits per heavy atom. The minimum absolute atomic E-state index is 0.0828. The van der Waals surface area contributed by atoms with Crippen molar-refractivity contribution in [2.75, 3.05) is 6.54 Å². The van der Waals surface area contributed by atoms with E-state index in [4.69, 9.17) is 15.6 Å². The van der Waals surface area contributed by atoms with E-state index in [2.05, 4.69) is 0 Å². The Morgan fingerprint density at radius 3 is 2.88 bits per heavy atom. The average Bonchev–Trinajstić information content (AvgIpc) is 2.74. The number of benzene rings is 1. The Hall–Kier alpha value is -1.59. The summed E-state index contributed by atoms with van der Waals surface area (Å²) >= 11 is 0. The predicted molar refractivity (Wildman–Crippen MR) is 60.6 cm³/mol. The van der Waals surface area contributed by atoms with Crippen molar-refractivity contribution in [2.24, 2.45) is 5.73 Å². The lowest BCUT2D eigenvalue weighted by molar-refractivity contribution is -0.137. The molecule has 5 heteroatoms. The van der Waals surface area contributed by atoms with Gasteiger partial charge in [-0.3, -0.25) is 4.79 Å². The molecule has 92 valence electrons. The number of ether oxygens (including phenoxy) is 1. The molecule has 1 heterocycles. The Balaban J connectivity index is 2.42. The lowest BCUT2D eigenvalue weighted by atomic mass is 9.89. The quantitative estimate of drug-likeness (QED) is 0.724. The number of carboxylic acid groups (broad SMARTS) is 1. The van der Waals surface area contributed by atoms with Gasteiger partial charge >= 0.3 is 5.97 Å². The summed E-state index contributed by atoms with van der Waals surface area (Å²) in [6, 6.07) is 3.38. The van der Waals surface area contributed by atoms with E-state index in [0.717, 1.165) is 11.1 Å². The fourth-order valence-corrected chi connectivity index (χ4v) is 2.24. The number of fused-ring (bicyclic) bond motifs is 1. The molecule has 1 aliphatic rings. The van der Waals surface area contributed by atoms with Crippen molar-refractivity contribution in [2.45, 2.75) is 25.6 Å². The summed E-state index contributed by atoms with van der Waals surface area (Å²) in [6.07, 6.45) is -0.0828. The molecule has 17 heavy (non-hydrogen) atoms. The number of carboxylic acids is 1. The van der Waals surface area contributed by atoms with Crippen LogP contribution < -0.4 is 5.73 Å². The van der Waals surface area contributed by atoms with Gasteiger partial charge < -0.3 is 20.7 Å². The van der Waals surface area contributed by atoms with E-state index in [-0.39, 0.29) is 24.6 Å². The molecule has 4 N–H and O–H groups in total. The summed E-state index contributed by atoms with van der Waals surface area (Å²) in [5.74, 6) is -1.19. The Kier molecular flexibility index (Phi) is 3.31. The van der Waals surface area contributed by atoms with Crippen LogP contribution in [0.4, 0.5) is 0 Å². The average molecular weight is 237 g/mol. The molecule has 0 bridgehead atoms. The smallest absolute Gasteiger partial charge is 0.304 e. The summed E-state index contributed by atoms with van der Waals surface area (Å²) in [5, 5.41) is 18.7. The Morgan fingerprint density at radius 2 is 2.24 bits per heavy atom. The van der Waals surface area contributed by atoms with Crippen LogP contribution in [-0.2, 0) is 22.7 Å². The van der Waals surface area contributed by atoms with Crippen molar-refractivity contribution in [1.82, 2.24) is 0 Å². The first-order valence-electron chi connectivity index (χ1n) is 5.46. The molecule has 0 saturated carbocycles. The molecule has 0 radical (unpaired) electrons. The maximum absolute atomic E-state index is 10.8. The molecule has 0 aromatic heterocycles. The van der Waals surface area contributed by atoms with E-state index in [1.165, 1.54) is 0 Å². The number of nitrogens with two attached hydrogens (primary N) is 1. The van der Waals surface area contributed by atoms with Crippen LogP contribution in [0.2, 0.25) is 0 Å². The zero-order valence-corrected chi connectivity index (χ0v) is 9.35. The van der Waals surface area contributed by atoms with Crippen molar-refractivity contribution in [3.05, 3.63) is 28.8 Å². The molecule has 1 aromatic rings. The van der Waals surface area contributed by atoms with Gasteiger partial charge in [-0.15, -0.1) is 0 Å². The van der Waals surface area contributed by atoms with Crippen LogP contribution in [0.1, 0.15) is 29.0 Å². The van der Waals surface area contributed by atoms with Crippen LogP contribution in [0.3, 0.4) is 0 Å². The van der Waals surface area contributed by atoms with Crippen molar-refractivity contribution >= 4 is 5.97 Å². The van der Waals surface area contributed by atoms with E-state index in [0.29, 0.717) is 18.8 Å². The fraction of sp³-hybridized carbons (Fsp3) is 0.417. The van der Waals surface area contributed by atoms with Gasteiger partial charge in [-0.05, 0) is 23.7 Å². The standard InChI is InChI=1S/C12H15NO4/c13-4-8(3-11(15)16)12-9-6-17-5-7(9)1-2-10(12)14/h1-2,8,14H,3-6,13H2,(H,15,16). The van der Waals surface area contributed by atoms with Gasteiger partial charge in [0.25, 0.3) is 0 Å². The van der Waals surface area contributed by atoms with Crippen LogP contribution in [-0.4, -0.2) is 22.7 Å². The monoisotopic (exact) mass is 237 g/mol. The summed E-state index contributed by atoms with van der Waals surface area (Å²) in [4.78, 5) is 10.8. The number of hydrogen-bond donors (Lipinski definition) is 3. The van der Waals surface area contributed by atoms with Crippen molar-refractivity contribution in [3.8, 4) is 5.75 Å². The Bertz CT molecular complexity index is 444. The largest absolute Gasteiger partial charge is 0.508 e. The van der Waals surface area contributed by atoms with Gasteiger partial charge in [0, 0.05) is 11.5 Å². The first-order chi connectivity index (χ1) is 8.13. The number of rotatable bonds is 4. The molecule has 1 unspecified atom stereocenters. The molecule has 0 amide bonds. The molecule has 0 spiro atoms. The third kappa shape index (κ3) is 2.25. The van der Waals surface area contributed by atoms with E-state index in [9.17, 15) is 9.90 Å². The summed E-state index contributed by atoms with van der Waals surface area (Å²) in [5.41, 5.74) is 8.12. The topological polar surface area (TPSA) is 92.8 Å². The molecule has 2 rings (SSSR count). The number of aromatic hydroxyl groups is 1. The summed E-state index contributed by atoms with van der Waals surface area (Å²) < 4.78 is 5.31. The maximum Gasteiger partial charge on any atom is 0.304 e. The molecular weight excluding hydrogens is 222 g/mol. The highest BCUT2D eigenvalue weighted by Crippen LogP contribution is 2.36. The maximum atomic E-state index is 10.8. The van der Waals surface area contributed by atoms with Crippen molar-refractivity contribution in [3.63, 3.8) is 0 Å². The van der Waals surface area contributed by atoms with Gasteiger partial charge in [-0.25, -0.2) is 0 Å². The third-order valence-electron chi connectivity index (χ3n) is 3.05. The highest BCUT2D eigenvalue weighted by atomic mass is 16.5. The van der Waals surface area contributed by atoms with Gasteiger partial charge in [-0.2, -0.15) is 0 Å². The molecule has 0 fully saturated rings. The highest BCUT2D eigenvalue weighted by Gasteiger charge is 2.25. The lowest BCUT2D eigenvalue weighted by Crippen LogP contribution is -2.18. The second kappa shape index (κ2) is 4.73. The zero-order chi connectivity index (χ0) is 12.4. The van der Waals surface area contributed by atoms with E-state index in [1.54, 1.807) is 12.1 Å². The fourth-order valence-electron chi connectivity index (χ4n) is 2.24. The van der Waals surface area contributed by atoms with E-state index in [1.807, 2.05) is 0 Å². The van der Waals surface area contributed by atoms with E-state index >= 15 is 0 Å². The van der Waals surface area contributed by atoms with Gasteiger partial charge in [0.15, 0.2) is 0 Å². The molecule has 1 aliphatic heterocycles. The van der Waals surface area contributed by atoms with Crippen LogP contribution in [0.5, 0.6) is 5.75 Å². The first-order valence-corrected chi connectivity index (χ1v) is 5.46. The minimum atomic E-state index is -0.920. The lowest BCUT2D eigenvalue weighted by Gasteiger charge is -2.17. The normalized spacial score (nSPS) is 15.6. The number of aliphatic carboxylic acids is 1. The minimum Gasteiger partial charge on any atom is -0.508 e. The molecule has 1 aromatic carbocycles. The third-order valence-corrected chi connectivity index (χ3v) is 3.05. The first kappa shape index (κ1) is 11.9. The van der Waals surface area contributed by atoms with Gasteiger partial charge in [0.05, 0.1) is 19.6 Å². The van der Waals surface area contributed by atoms with E-state index < -0.39 is 5.97 Å². The molecule has 1 atom stereocenters. The Labute approximate surface area is 98.8 Å². The molecule has 0 saturated heterocycles. The van der Waals surface area contributed by atoms with Crippen LogP contribution in [0.15, 0.2) is 12.1 Å². The number of phenolic OH excluding ortho intramolecular Hbond substituents is 1. The SMILES string of the molecule is NCC(CC(=O)O)c1c(O)ccc2c1COC2. The summed E-state index contributed by atoms with van der Waals surface area (Å²) in [6.45, 7) is 1.11. The van der Waals surface area contributed by atoms with Crippen LogP contribution in [0.25, 0.3) is 0 Å². The van der Waals surface area contributed by atoms with Gasteiger partial charge in [-0.1, -0.05) is 6.07 Å². The zero-order valence-electron chi connectivity index (χ0n) is 9.35. The highest BCUT2D eigenvalue weighted by molar-refractivity contribution is 5.68. The number of phenols is 1. The van der Waals surface area contributed by atoms with Gasteiger partial charge in [0.1, 0.15) is 5.75 Å². The second-order valence-electron chi connectivity index (χ2n) is 4.16. The van der Waals surface area contributed by atoms with Gasteiger partial charge in [0.2, 0.25) is 0 Å². The summed E-state index contributed by atoms with van der Waals surface area (Å²) in [7, 11) is 0. The second-order valence-corrected chi connectivity index (χ2v) is 4.16. The molecule has 5 nitrogen and oxygen atoms in total. The number of hydrogen-bond acceptors (Lipinski definition) is 4.